The van der Waals surface area contributed by atoms with Gasteiger partial charge in [-0.1, -0.05) is 47.7 Å². The number of aromatic nitrogens is 3. The predicted molar refractivity (Wildman–Crippen MR) is 115 cm³/mol. The summed E-state index contributed by atoms with van der Waals surface area (Å²) < 4.78 is 1.14. The maximum absolute atomic E-state index is 5.98. The molecule has 0 radical (unpaired) electrons. The van der Waals surface area contributed by atoms with E-state index < -0.39 is 0 Å². The lowest BCUT2D eigenvalue weighted by atomic mass is 10.1. The van der Waals surface area contributed by atoms with E-state index in [2.05, 4.69) is 42.9 Å². The van der Waals surface area contributed by atoms with Crippen molar-refractivity contribution in [3.63, 3.8) is 0 Å². The van der Waals surface area contributed by atoms with E-state index in [4.69, 9.17) is 5.73 Å². The molecule has 7 heteroatoms. The van der Waals surface area contributed by atoms with Crippen LogP contribution in [0.4, 0.5) is 16.8 Å². The molecule has 0 bridgehead atoms. The van der Waals surface area contributed by atoms with Crippen LogP contribution in [-0.4, -0.2) is 15.0 Å². The van der Waals surface area contributed by atoms with Crippen LogP contribution in [0.1, 0.15) is 0 Å². The Kier molecular flexibility index (Phi) is 4.81. The minimum absolute atomic E-state index is 0.518. The summed E-state index contributed by atoms with van der Waals surface area (Å²) in [5.41, 5.74) is 9.57. The molecule has 0 aliphatic carbocycles. The Hall–Kier alpha value is -2.52. The highest BCUT2D eigenvalue weighted by Gasteiger charge is 2.15. The van der Waals surface area contributed by atoms with E-state index in [1.54, 1.807) is 6.20 Å². The van der Waals surface area contributed by atoms with Crippen molar-refractivity contribution in [1.29, 1.82) is 0 Å². The highest BCUT2D eigenvalue weighted by molar-refractivity contribution is 14.1. The summed E-state index contributed by atoms with van der Waals surface area (Å²) >= 11 is 3.70. The Morgan fingerprint density at radius 1 is 0.962 bits per heavy atom. The molecule has 0 aliphatic heterocycles. The Labute approximate surface area is 168 Å². The van der Waals surface area contributed by atoms with E-state index in [1.165, 1.54) is 11.3 Å². The number of thiazole rings is 1. The van der Waals surface area contributed by atoms with Gasteiger partial charge >= 0.3 is 0 Å². The van der Waals surface area contributed by atoms with Gasteiger partial charge in [-0.15, -0.1) is 0 Å². The molecule has 0 saturated carbocycles. The number of halogens is 1. The molecule has 2 heterocycles. The number of nitrogen functional groups attached to an aromatic ring is 1. The zero-order valence-electron chi connectivity index (χ0n) is 13.6. The van der Waals surface area contributed by atoms with E-state index in [0.29, 0.717) is 11.1 Å². The monoisotopic (exact) mass is 471 g/mol. The number of nitrogens with two attached hydrogens (primary N) is 1. The first-order valence-electron chi connectivity index (χ1n) is 7.87. The number of anilines is 3. The third-order valence-corrected chi connectivity index (χ3v) is 5.24. The van der Waals surface area contributed by atoms with Gasteiger partial charge in [-0.25, -0.2) is 15.0 Å². The zero-order valence-corrected chi connectivity index (χ0v) is 16.5. The molecule has 2 aromatic carbocycles. The second-order valence-electron chi connectivity index (χ2n) is 5.50. The van der Waals surface area contributed by atoms with Crippen molar-refractivity contribution in [2.75, 3.05) is 11.1 Å². The van der Waals surface area contributed by atoms with Crippen molar-refractivity contribution in [2.45, 2.75) is 0 Å². The first kappa shape index (κ1) is 16.9. The van der Waals surface area contributed by atoms with E-state index in [9.17, 15) is 0 Å². The summed E-state index contributed by atoms with van der Waals surface area (Å²) in [6.45, 7) is 0. The summed E-state index contributed by atoms with van der Waals surface area (Å²) in [5.74, 6) is 0.537. The van der Waals surface area contributed by atoms with Crippen molar-refractivity contribution >= 4 is 50.7 Å². The van der Waals surface area contributed by atoms with Gasteiger partial charge in [0.15, 0.2) is 5.13 Å². The van der Waals surface area contributed by atoms with Crippen molar-refractivity contribution in [3.8, 4) is 21.8 Å². The second-order valence-corrected chi connectivity index (χ2v) is 7.77. The van der Waals surface area contributed by atoms with Gasteiger partial charge in [0.05, 0.1) is 16.3 Å². The van der Waals surface area contributed by atoms with Crippen LogP contribution in [0.2, 0.25) is 0 Å². The van der Waals surface area contributed by atoms with Gasteiger partial charge < -0.3 is 11.1 Å². The van der Waals surface area contributed by atoms with Gasteiger partial charge in [0, 0.05) is 21.0 Å². The predicted octanol–water partition coefficient (Wildman–Crippen LogP) is 5.20. The first-order valence-corrected chi connectivity index (χ1v) is 9.76. The molecule has 0 saturated heterocycles. The third kappa shape index (κ3) is 3.68. The van der Waals surface area contributed by atoms with Crippen molar-refractivity contribution in [2.24, 2.45) is 0 Å². The molecule has 3 N–H and O–H groups in total. The van der Waals surface area contributed by atoms with Crippen LogP contribution in [0.15, 0.2) is 66.9 Å². The molecule has 2 aromatic heterocycles. The highest BCUT2D eigenvalue weighted by Crippen LogP contribution is 2.37. The molecule has 0 spiro atoms. The molecular weight excluding hydrogens is 457 g/mol. The summed E-state index contributed by atoms with van der Waals surface area (Å²) in [6, 6.07) is 19.9. The number of benzene rings is 2. The molecule has 4 rings (SSSR count). The maximum Gasteiger partial charge on any atom is 0.227 e. The number of hydrogen-bond acceptors (Lipinski definition) is 6. The SMILES string of the molecule is Nc1nc(-c2ccccc2)c(-c2ccnc(Nc3cccc(I)c3)n2)s1. The van der Waals surface area contributed by atoms with E-state index in [0.717, 1.165) is 31.1 Å². The Morgan fingerprint density at radius 2 is 1.81 bits per heavy atom. The topological polar surface area (TPSA) is 76.7 Å². The smallest absolute Gasteiger partial charge is 0.227 e. The molecule has 0 atom stereocenters. The summed E-state index contributed by atoms with van der Waals surface area (Å²) in [4.78, 5) is 14.4. The summed E-state index contributed by atoms with van der Waals surface area (Å²) in [6.07, 6.45) is 1.74. The van der Waals surface area contributed by atoms with Crippen LogP contribution in [0.25, 0.3) is 21.8 Å². The minimum Gasteiger partial charge on any atom is -0.375 e. The van der Waals surface area contributed by atoms with Gasteiger partial charge in [-0.2, -0.15) is 0 Å². The van der Waals surface area contributed by atoms with E-state index >= 15 is 0 Å². The van der Waals surface area contributed by atoms with Gasteiger partial charge in [-0.3, -0.25) is 0 Å². The highest BCUT2D eigenvalue weighted by atomic mass is 127. The second kappa shape index (κ2) is 7.38. The fraction of sp³-hybridized carbons (Fsp3) is 0. The number of hydrogen-bond donors (Lipinski definition) is 2. The van der Waals surface area contributed by atoms with Crippen LogP contribution in [0.5, 0.6) is 0 Å². The van der Waals surface area contributed by atoms with Crippen LogP contribution in [0, 0.1) is 3.57 Å². The van der Waals surface area contributed by atoms with Crippen LogP contribution >= 0.6 is 33.9 Å². The lowest BCUT2D eigenvalue weighted by molar-refractivity contribution is 1.17. The van der Waals surface area contributed by atoms with Crippen molar-refractivity contribution in [3.05, 3.63) is 70.4 Å². The molecule has 0 amide bonds. The Morgan fingerprint density at radius 3 is 2.62 bits per heavy atom. The molecule has 0 aliphatic rings. The Balaban J connectivity index is 1.71. The maximum atomic E-state index is 5.98. The first-order chi connectivity index (χ1) is 12.7. The minimum atomic E-state index is 0.518. The lowest BCUT2D eigenvalue weighted by Crippen LogP contribution is -1.98. The van der Waals surface area contributed by atoms with E-state index in [-0.39, 0.29) is 0 Å². The standard InChI is InChI=1S/C19H14IN5S/c20-13-7-4-8-14(11-13)23-19-22-10-9-15(24-19)17-16(25-18(21)26-17)12-5-2-1-3-6-12/h1-11H,(H2,21,25)(H,22,23,24). The summed E-state index contributed by atoms with van der Waals surface area (Å²) in [7, 11) is 0. The van der Waals surface area contributed by atoms with Gasteiger partial charge in [0.25, 0.3) is 0 Å². The normalized spacial score (nSPS) is 10.7. The number of nitrogens with one attached hydrogen (secondary N) is 1. The lowest BCUT2D eigenvalue weighted by Gasteiger charge is -2.07. The Bertz CT molecular complexity index is 1050. The largest absolute Gasteiger partial charge is 0.375 e. The average molecular weight is 471 g/mol. The molecule has 128 valence electrons. The fourth-order valence-corrected chi connectivity index (χ4v) is 3.91. The number of nitrogens with zero attached hydrogens (tertiary/aromatic N) is 3. The summed E-state index contributed by atoms with van der Waals surface area (Å²) in [5, 5.41) is 3.77. The molecule has 4 aromatic rings. The van der Waals surface area contributed by atoms with Crippen LogP contribution in [-0.2, 0) is 0 Å². The van der Waals surface area contributed by atoms with Crippen LogP contribution < -0.4 is 11.1 Å². The number of rotatable bonds is 4. The quantitative estimate of drug-likeness (QED) is 0.401. The molecule has 26 heavy (non-hydrogen) atoms. The van der Waals surface area contributed by atoms with Gasteiger partial charge in [-0.05, 0) is 46.9 Å². The average Bonchev–Trinajstić information content (AvgIpc) is 3.05. The molecule has 0 fully saturated rings. The zero-order chi connectivity index (χ0) is 17.9. The molecule has 5 nitrogen and oxygen atoms in total. The fourth-order valence-electron chi connectivity index (χ4n) is 2.54. The third-order valence-electron chi connectivity index (χ3n) is 3.66. The van der Waals surface area contributed by atoms with Crippen molar-refractivity contribution < 1.29 is 0 Å². The van der Waals surface area contributed by atoms with Gasteiger partial charge in [0.1, 0.15) is 0 Å². The molecule has 0 unspecified atom stereocenters. The van der Waals surface area contributed by atoms with Crippen LogP contribution in [0.3, 0.4) is 0 Å². The van der Waals surface area contributed by atoms with Gasteiger partial charge in [0.2, 0.25) is 5.95 Å². The molecular formula is C19H14IN5S. The van der Waals surface area contributed by atoms with E-state index in [1.807, 2.05) is 60.7 Å². The van der Waals surface area contributed by atoms with Crippen molar-refractivity contribution in [1.82, 2.24) is 15.0 Å².